The van der Waals surface area contributed by atoms with Gasteiger partial charge < -0.3 is 4.57 Å². The number of hydrogen-bond donors (Lipinski definition) is 0. The average molecular weight is 623 g/mol. The Balaban J connectivity index is 1.14. The smallest absolute Gasteiger partial charge is 0.0702 e. The van der Waals surface area contributed by atoms with Crippen LogP contribution in [0.25, 0.3) is 93.3 Å². The quantitative estimate of drug-likeness (QED) is 0.179. The Bertz CT molecular complexity index is 2830. The van der Waals surface area contributed by atoms with Gasteiger partial charge in [0, 0.05) is 28.2 Å². The number of aromatic nitrogens is 2. The summed E-state index contributed by atoms with van der Waals surface area (Å²) in [5.74, 6) is 0. The highest BCUT2D eigenvalue weighted by molar-refractivity contribution is 6.25. The molecule has 2 nitrogen and oxygen atoms in total. The summed E-state index contributed by atoms with van der Waals surface area (Å²) in [5.41, 5.74) is 10.4. The van der Waals surface area contributed by atoms with E-state index in [-0.39, 0.29) is 0 Å². The van der Waals surface area contributed by atoms with E-state index in [1.807, 2.05) is 18.3 Å². The summed E-state index contributed by atoms with van der Waals surface area (Å²) in [7, 11) is 0. The molecule has 2 aromatic heterocycles. The molecule has 0 fully saturated rings. The first kappa shape index (κ1) is 27.6. The van der Waals surface area contributed by atoms with Crippen LogP contribution < -0.4 is 0 Å². The average Bonchev–Trinajstić information content (AvgIpc) is 3.51. The van der Waals surface area contributed by atoms with Crippen molar-refractivity contribution in [3.63, 3.8) is 0 Å². The van der Waals surface area contributed by atoms with Gasteiger partial charge in [-0.2, -0.15) is 0 Å². The number of nitrogens with zero attached hydrogens (tertiary/aromatic N) is 2. The van der Waals surface area contributed by atoms with Crippen molar-refractivity contribution in [3.8, 4) is 39.2 Å². The summed E-state index contributed by atoms with van der Waals surface area (Å²) in [6.45, 7) is 0. The minimum absolute atomic E-state index is 0.977. The Morgan fingerprint density at radius 1 is 0.306 bits per heavy atom. The highest BCUT2D eigenvalue weighted by atomic mass is 15.0. The molecule has 10 rings (SSSR count). The number of fused-ring (bicyclic) bond motifs is 9. The summed E-state index contributed by atoms with van der Waals surface area (Å²) in [6.07, 6.45) is 1.86. The molecular weight excluding hydrogens is 593 g/mol. The van der Waals surface area contributed by atoms with Crippen molar-refractivity contribution in [3.05, 3.63) is 182 Å². The van der Waals surface area contributed by atoms with Crippen LogP contribution in [0.2, 0.25) is 0 Å². The van der Waals surface area contributed by atoms with E-state index in [0.717, 1.165) is 16.9 Å². The van der Waals surface area contributed by atoms with Crippen molar-refractivity contribution >= 4 is 54.1 Å². The van der Waals surface area contributed by atoms with Gasteiger partial charge in [-0.15, -0.1) is 0 Å². The molecule has 2 heterocycles. The summed E-state index contributed by atoms with van der Waals surface area (Å²) < 4.78 is 2.37. The van der Waals surface area contributed by atoms with E-state index in [1.165, 1.54) is 76.4 Å². The molecule has 0 amide bonds. The van der Waals surface area contributed by atoms with Crippen LogP contribution >= 0.6 is 0 Å². The van der Waals surface area contributed by atoms with Gasteiger partial charge in [0.05, 0.1) is 16.7 Å². The molecule has 0 radical (unpaired) electrons. The summed E-state index contributed by atoms with van der Waals surface area (Å²) in [4.78, 5) is 4.65. The molecule has 0 aliphatic carbocycles. The molecule has 0 spiro atoms. The second-order valence-corrected chi connectivity index (χ2v) is 12.8. The first-order valence-electron chi connectivity index (χ1n) is 16.8. The molecule has 0 aliphatic heterocycles. The zero-order chi connectivity index (χ0) is 32.3. The van der Waals surface area contributed by atoms with E-state index in [9.17, 15) is 0 Å². The molecule has 0 aliphatic rings. The van der Waals surface area contributed by atoms with Gasteiger partial charge in [-0.1, -0.05) is 115 Å². The summed E-state index contributed by atoms with van der Waals surface area (Å²) in [6, 6.07) is 63.8. The van der Waals surface area contributed by atoms with E-state index < -0.39 is 0 Å². The lowest BCUT2D eigenvalue weighted by atomic mass is 9.91. The fourth-order valence-corrected chi connectivity index (χ4v) is 7.72. The molecule has 8 aromatic carbocycles. The fourth-order valence-electron chi connectivity index (χ4n) is 7.72. The van der Waals surface area contributed by atoms with Gasteiger partial charge in [-0.05, 0) is 115 Å². The third-order valence-electron chi connectivity index (χ3n) is 10.0. The normalized spacial score (nSPS) is 11.7. The van der Waals surface area contributed by atoms with Crippen molar-refractivity contribution in [1.82, 2.24) is 9.55 Å². The number of rotatable bonds is 4. The van der Waals surface area contributed by atoms with Crippen molar-refractivity contribution in [2.75, 3.05) is 0 Å². The lowest BCUT2D eigenvalue weighted by Crippen LogP contribution is -1.93. The standard InChI is InChI=1S/C47H30N2/c1-2-13-36(14-3-1)49-46-24-21-34(29-43(46)44-30-35(22-25-47(44)49)45-19-8-9-26-48-45)32-12-10-11-31(27-32)33-20-23-41-39-17-5-4-15-37(39)38-16-6-7-18-40(38)42(41)28-33/h1-30H. The Kier molecular flexibility index (Phi) is 6.22. The first-order valence-corrected chi connectivity index (χ1v) is 16.8. The van der Waals surface area contributed by atoms with E-state index in [1.54, 1.807) is 0 Å². The van der Waals surface area contributed by atoms with Crippen molar-refractivity contribution in [2.24, 2.45) is 0 Å². The maximum absolute atomic E-state index is 4.65. The minimum Gasteiger partial charge on any atom is -0.309 e. The van der Waals surface area contributed by atoms with Crippen LogP contribution in [-0.2, 0) is 0 Å². The number of pyridine rings is 1. The molecular formula is C47H30N2. The van der Waals surface area contributed by atoms with Gasteiger partial charge in [0.25, 0.3) is 0 Å². The molecule has 10 aromatic rings. The predicted octanol–water partition coefficient (Wildman–Crippen LogP) is 12.6. The van der Waals surface area contributed by atoms with Crippen molar-refractivity contribution < 1.29 is 0 Å². The van der Waals surface area contributed by atoms with Crippen LogP contribution in [0.3, 0.4) is 0 Å². The van der Waals surface area contributed by atoms with Gasteiger partial charge in [0.15, 0.2) is 0 Å². The van der Waals surface area contributed by atoms with E-state index in [4.69, 9.17) is 0 Å². The Morgan fingerprint density at radius 3 is 1.43 bits per heavy atom. The lowest BCUT2D eigenvalue weighted by Gasteiger charge is -2.13. The van der Waals surface area contributed by atoms with Gasteiger partial charge in [0.2, 0.25) is 0 Å². The van der Waals surface area contributed by atoms with Gasteiger partial charge in [-0.3, -0.25) is 4.98 Å². The first-order chi connectivity index (χ1) is 24.3. The molecule has 228 valence electrons. The third kappa shape index (κ3) is 4.46. The summed E-state index contributed by atoms with van der Waals surface area (Å²) >= 11 is 0. The zero-order valence-corrected chi connectivity index (χ0v) is 26.7. The fraction of sp³-hybridized carbons (Fsp3) is 0. The molecule has 0 saturated heterocycles. The second kappa shape index (κ2) is 11.0. The minimum atomic E-state index is 0.977. The van der Waals surface area contributed by atoms with E-state index >= 15 is 0 Å². The topological polar surface area (TPSA) is 17.8 Å². The molecule has 0 atom stereocenters. The third-order valence-corrected chi connectivity index (χ3v) is 10.0. The van der Waals surface area contributed by atoms with Crippen molar-refractivity contribution in [1.29, 1.82) is 0 Å². The van der Waals surface area contributed by atoms with E-state index in [0.29, 0.717) is 0 Å². The molecule has 0 bridgehead atoms. The molecule has 0 unspecified atom stereocenters. The number of para-hydroxylation sites is 1. The maximum Gasteiger partial charge on any atom is 0.0702 e. The van der Waals surface area contributed by atoms with Crippen molar-refractivity contribution in [2.45, 2.75) is 0 Å². The highest BCUT2D eigenvalue weighted by Crippen LogP contribution is 2.39. The van der Waals surface area contributed by atoms with Gasteiger partial charge in [-0.25, -0.2) is 0 Å². The molecule has 2 heteroatoms. The van der Waals surface area contributed by atoms with Crippen LogP contribution in [0, 0.1) is 0 Å². The molecule has 0 saturated carbocycles. The van der Waals surface area contributed by atoms with Gasteiger partial charge in [0.1, 0.15) is 0 Å². The monoisotopic (exact) mass is 622 g/mol. The maximum atomic E-state index is 4.65. The van der Waals surface area contributed by atoms with E-state index in [2.05, 4.69) is 173 Å². The van der Waals surface area contributed by atoms with Crippen LogP contribution in [-0.4, -0.2) is 9.55 Å². The second-order valence-electron chi connectivity index (χ2n) is 12.8. The molecule has 0 N–H and O–H groups in total. The van der Waals surface area contributed by atoms with Crippen LogP contribution in [0.1, 0.15) is 0 Å². The largest absolute Gasteiger partial charge is 0.309 e. The van der Waals surface area contributed by atoms with Gasteiger partial charge >= 0.3 is 0 Å². The predicted molar refractivity (Wildman–Crippen MR) is 207 cm³/mol. The number of hydrogen-bond acceptors (Lipinski definition) is 1. The van der Waals surface area contributed by atoms with Crippen LogP contribution in [0.5, 0.6) is 0 Å². The Hall–Kier alpha value is -6.51. The SMILES string of the molecule is c1ccc(-n2c3ccc(-c4cccc(-c5ccc6c7ccccc7c7ccccc7c6c5)c4)cc3c3cc(-c4ccccn4)ccc32)cc1. The molecule has 49 heavy (non-hydrogen) atoms. The Labute approximate surface area is 284 Å². The Morgan fingerprint density at radius 2 is 0.796 bits per heavy atom. The zero-order valence-electron chi connectivity index (χ0n) is 26.7. The lowest BCUT2D eigenvalue weighted by molar-refractivity contribution is 1.18. The van der Waals surface area contributed by atoms with Crippen LogP contribution in [0.15, 0.2) is 182 Å². The summed E-state index contributed by atoms with van der Waals surface area (Å²) in [5, 5.41) is 10.2. The van der Waals surface area contributed by atoms with Crippen LogP contribution in [0.4, 0.5) is 0 Å². The highest BCUT2D eigenvalue weighted by Gasteiger charge is 2.16. The number of benzene rings is 8.